The van der Waals surface area contributed by atoms with Gasteiger partial charge in [0.2, 0.25) is 5.88 Å². The van der Waals surface area contributed by atoms with Crippen molar-refractivity contribution < 1.29 is 14.3 Å². The van der Waals surface area contributed by atoms with Gasteiger partial charge < -0.3 is 14.4 Å². The highest BCUT2D eigenvalue weighted by molar-refractivity contribution is 9.10. The van der Waals surface area contributed by atoms with Crippen LogP contribution >= 0.6 is 15.9 Å². The first-order valence-electron chi connectivity index (χ1n) is 9.02. The van der Waals surface area contributed by atoms with E-state index in [1.165, 1.54) is 0 Å². The molecule has 0 atom stereocenters. The standard InChI is InChI=1S/C22H19BrN2O3/c1-27-18-8-9-20-15(12-18)4-3-11-25(20)22(26)16-7-10-21(24-14-16)28-19-6-2-5-17(23)13-19/h2,5-10,12-14H,3-4,11H2,1H3. The van der Waals surface area contributed by atoms with Crippen molar-refractivity contribution in [3.63, 3.8) is 0 Å². The number of anilines is 1. The molecule has 3 aromatic rings. The average Bonchev–Trinajstić information content (AvgIpc) is 2.73. The number of hydrogen-bond donors (Lipinski definition) is 0. The highest BCUT2D eigenvalue weighted by Gasteiger charge is 2.24. The quantitative estimate of drug-likeness (QED) is 0.558. The third-order valence-electron chi connectivity index (χ3n) is 4.65. The molecule has 1 aliphatic rings. The minimum Gasteiger partial charge on any atom is -0.497 e. The lowest BCUT2D eigenvalue weighted by molar-refractivity contribution is 0.0984. The van der Waals surface area contributed by atoms with Gasteiger partial charge in [0.05, 0.1) is 12.7 Å². The number of carbonyl (C=O) groups is 1. The number of pyridine rings is 1. The summed E-state index contributed by atoms with van der Waals surface area (Å²) in [6.07, 6.45) is 3.42. The van der Waals surface area contributed by atoms with Gasteiger partial charge in [-0.1, -0.05) is 22.0 Å². The van der Waals surface area contributed by atoms with Gasteiger partial charge >= 0.3 is 0 Å². The fourth-order valence-electron chi connectivity index (χ4n) is 3.29. The van der Waals surface area contributed by atoms with Crippen molar-refractivity contribution in [2.75, 3.05) is 18.6 Å². The summed E-state index contributed by atoms with van der Waals surface area (Å²) in [6, 6.07) is 16.8. The fraction of sp³-hybridized carbons (Fsp3) is 0.182. The predicted octanol–water partition coefficient (Wildman–Crippen LogP) is 5.24. The van der Waals surface area contributed by atoms with E-state index < -0.39 is 0 Å². The number of halogens is 1. The Kier molecular flexibility index (Phi) is 5.30. The molecule has 0 spiro atoms. The molecule has 0 aliphatic carbocycles. The van der Waals surface area contributed by atoms with Gasteiger partial charge in [0, 0.05) is 29.0 Å². The van der Waals surface area contributed by atoms with Crippen LogP contribution in [0, 0.1) is 0 Å². The van der Waals surface area contributed by atoms with E-state index in [1.807, 2.05) is 47.4 Å². The molecule has 0 radical (unpaired) electrons. The second kappa shape index (κ2) is 8.02. The van der Waals surface area contributed by atoms with Gasteiger partial charge in [-0.25, -0.2) is 4.98 Å². The molecule has 28 heavy (non-hydrogen) atoms. The number of aryl methyl sites for hydroxylation is 1. The molecule has 0 bridgehead atoms. The molecule has 5 nitrogen and oxygen atoms in total. The lowest BCUT2D eigenvalue weighted by Crippen LogP contribution is -2.35. The average molecular weight is 439 g/mol. The number of hydrogen-bond acceptors (Lipinski definition) is 4. The van der Waals surface area contributed by atoms with Crippen molar-refractivity contribution >= 4 is 27.5 Å². The van der Waals surface area contributed by atoms with Crippen molar-refractivity contribution in [2.45, 2.75) is 12.8 Å². The maximum Gasteiger partial charge on any atom is 0.259 e. The largest absolute Gasteiger partial charge is 0.497 e. The van der Waals surface area contributed by atoms with Crippen LogP contribution in [0.1, 0.15) is 22.3 Å². The molecule has 0 fully saturated rings. The van der Waals surface area contributed by atoms with Crippen LogP contribution in [-0.2, 0) is 6.42 Å². The van der Waals surface area contributed by atoms with Crippen LogP contribution < -0.4 is 14.4 Å². The number of carbonyl (C=O) groups excluding carboxylic acids is 1. The van der Waals surface area contributed by atoms with Crippen molar-refractivity contribution in [1.82, 2.24) is 4.98 Å². The van der Waals surface area contributed by atoms with Gasteiger partial charge in [0.25, 0.3) is 5.91 Å². The summed E-state index contributed by atoms with van der Waals surface area (Å²) in [6.45, 7) is 0.689. The van der Waals surface area contributed by atoms with E-state index in [0.717, 1.165) is 34.3 Å². The van der Waals surface area contributed by atoms with Crippen LogP contribution in [0.3, 0.4) is 0 Å². The zero-order valence-corrected chi connectivity index (χ0v) is 17.0. The van der Waals surface area contributed by atoms with Gasteiger partial charge in [0.1, 0.15) is 11.5 Å². The third-order valence-corrected chi connectivity index (χ3v) is 5.15. The Bertz CT molecular complexity index is 1000. The van der Waals surface area contributed by atoms with Gasteiger partial charge in [-0.3, -0.25) is 4.79 Å². The number of methoxy groups -OCH3 is 1. The molecule has 1 amide bonds. The van der Waals surface area contributed by atoms with E-state index in [-0.39, 0.29) is 5.91 Å². The van der Waals surface area contributed by atoms with Crippen LogP contribution in [0.25, 0.3) is 0 Å². The Hall–Kier alpha value is -2.86. The highest BCUT2D eigenvalue weighted by atomic mass is 79.9. The smallest absolute Gasteiger partial charge is 0.259 e. The molecule has 1 aliphatic heterocycles. The Labute approximate surface area is 172 Å². The van der Waals surface area contributed by atoms with Crippen LogP contribution in [0.15, 0.2) is 65.3 Å². The summed E-state index contributed by atoms with van der Waals surface area (Å²) in [4.78, 5) is 19.1. The maximum atomic E-state index is 13.0. The molecule has 2 aromatic carbocycles. The Morgan fingerprint density at radius 2 is 2.00 bits per heavy atom. The Morgan fingerprint density at radius 3 is 2.75 bits per heavy atom. The van der Waals surface area contributed by atoms with E-state index in [0.29, 0.717) is 23.7 Å². The Morgan fingerprint density at radius 1 is 1.11 bits per heavy atom. The number of rotatable bonds is 4. The number of fused-ring (bicyclic) bond motifs is 1. The molecule has 2 heterocycles. The van der Waals surface area contributed by atoms with Crippen molar-refractivity contribution in [2.24, 2.45) is 0 Å². The zero-order chi connectivity index (χ0) is 19.5. The van der Waals surface area contributed by atoms with Crippen molar-refractivity contribution in [3.8, 4) is 17.4 Å². The molecular formula is C22H19BrN2O3. The second-order valence-corrected chi connectivity index (χ2v) is 7.42. The number of aromatic nitrogens is 1. The van der Waals surface area contributed by atoms with Crippen LogP contribution in [0.2, 0.25) is 0 Å². The SMILES string of the molecule is COc1ccc2c(c1)CCCN2C(=O)c1ccc(Oc2cccc(Br)c2)nc1. The topological polar surface area (TPSA) is 51.7 Å². The summed E-state index contributed by atoms with van der Waals surface area (Å²) in [5.41, 5.74) is 2.60. The first-order chi connectivity index (χ1) is 13.6. The monoisotopic (exact) mass is 438 g/mol. The second-order valence-electron chi connectivity index (χ2n) is 6.50. The molecule has 142 valence electrons. The van der Waals surface area contributed by atoms with E-state index in [1.54, 1.807) is 25.4 Å². The van der Waals surface area contributed by atoms with Gasteiger partial charge in [-0.2, -0.15) is 0 Å². The predicted molar refractivity (Wildman–Crippen MR) is 111 cm³/mol. The molecule has 0 saturated heterocycles. The van der Waals surface area contributed by atoms with E-state index in [9.17, 15) is 4.79 Å². The van der Waals surface area contributed by atoms with Crippen LogP contribution in [0.5, 0.6) is 17.4 Å². The van der Waals surface area contributed by atoms with Crippen molar-refractivity contribution in [1.29, 1.82) is 0 Å². The zero-order valence-electron chi connectivity index (χ0n) is 15.4. The molecule has 0 unspecified atom stereocenters. The first-order valence-corrected chi connectivity index (χ1v) is 9.81. The minimum atomic E-state index is -0.0624. The van der Waals surface area contributed by atoms with E-state index in [4.69, 9.17) is 9.47 Å². The number of amides is 1. The first kappa shape index (κ1) is 18.5. The van der Waals surface area contributed by atoms with Gasteiger partial charge in [-0.05, 0) is 60.9 Å². The van der Waals surface area contributed by atoms with Crippen molar-refractivity contribution in [3.05, 3.63) is 76.4 Å². The Balaban J connectivity index is 1.53. The lowest BCUT2D eigenvalue weighted by Gasteiger charge is -2.29. The summed E-state index contributed by atoms with van der Waals surface area (Å²) in [5, 5.41) is 0. The molecular weight excluding hydrogens is 420 g/mol. The molecule has 4 rings (SSSR count). The summed E-state index contributed by atoms with van der Waals surface area (Å²) in [7, 11) is 1.65. The summed E-state index contributed by atoms with van der Waals surface area (Å²) >= 11 is 3.41. The van der Waals surface area contributed by atoms with Crippen LogP contribution in [-0.4, -0.2) is 24.5 Å². The minimum absolute atomic E-state index is 0.0624. The number of benzene rings is 2. The van der Waals surface area contributed by atoms with Crippen LogP contribution in [0.4, 0.5) is 5.69 Å². The number of nitrogens with zero attached hydrogens (tertiary/aromatic N) is 2. The molecule has 1 aromatic heterocycles. The fourth-order valence-corrected chi connectivity index (χ4v) is 3.66. The normalized spacial score (nSPS) is 13.0. The van der Waals surface area contributed by atoms with E-state index >= 15 is 0 Å². The summed E-state index contributed by atoms with van der Waals surface area (Å²) < 4.78 is 12.0. The lowest BCUT2D eigenvalue weighted by atomic mass is 10.0. The summed E-state index contributed by atoms with van der Waals surface area (Å²) in [5.74, 6) is 1.87. The highest BCUT2D eigenvalue weighted by Crippen LogP contribution is 2.31. The molecule has 0 saturated carbocycles. The molecule has 0 N–H and O–H groups in total. The van der Waals surface area contributed by atoms with E-state index in [2.05, 4.69) is 20.9 Å². The van der Waals surface area contributed by atoms with Gasteiger partial charge in [0.15, 0.2) is 0 Å². The maximum absolute atomic E-state index is 13.0. The molecule has 6 heteroatoms. The van der Waals surface area contributed by atoms with Gasteiger partial charge in [-0.15, -0.1) is 0 Å². The number of ether oxygens (including phenoxy) is 2. The third kappa shape index (κ3) is 3.87.